The number of hydrogen-bond acceptors (Lipinski definition) is 1. The maximum Gasteiger partial charge on any atom is 0.210 e. The first-order valence-corrected chi connectivity index (χ1v) is 16.5. The SMILES string of the molecule is CCN1/C(=C\C=C2\CCC(/C=C/C3=[N+](CC)c4ccc5ccccc5c4C3(C)C)=C2Cl)C(C)(C)c2c1ccc1ccccc21.[I-]. The summed E-state index contributed by atoms with van der Waals surface area (Å²) in [4.78, 5) is 2.48. The van der Waals surface area contributed by atoms with Gasteiger partial charge in [-0.25, -0.2) is 0 Å². The first kappa shape index (κ1) is 31.8. The van der Waals surface area contributed by atoms with Crippen molar-refractivity contribution < 1.29 is 28.6 Å². The van der Waals surface area contributed by atoms with E-state index in [1.807, 2.05) is 0 Å². The number of rotatable bonds is 5. The standard InChI is InChI=1S/C41H42ClN2.HI/c1-7-43-33-23-19-27-13-9-11-15-31(27)37(33)40(3,4)35(43)25-21-29-17-18-30(39(29)42)22-26-36-41(5,6)38-32-16-12-10-14-28(32)20-24-34(38)44(36)8-2;/h9-16,19-26H,7-8,17-18H2,1-6H3;1H/q+1;/p-1. The Morgan fingerprint density at radius 3 is 2.07 bits per heavy atom. The maximum absolute atomic E-state index is 7.13. The van der Waals surface area contributed by atoms with Crippen molar-refractivity contribution in [1.82, 2.24) is 0 Å². The topological polar surface area (TPSA) is 6.25 Å². The van der Waals surface area contributed by atoms with Gasteiger partial charge in [0.1, 0.15) is 6.54 Å². The third-order valence-electron chi connectivity index (χ3n) is 10.3. The summed E-state index contributed by atoms with van der Waals surface area (Å²) < 4.78 is 2.48. The highest BCUT2D eigenvalue weighted by molar-refractivity contribution is 6.33. The molecule has 0 amide bonds. The van der Waals surface area contributed by atoms with Gasteiger partial charge in [-0.05, 0) is 97.0 Å². The molecule has 0 fully saturated rings. The number of anilines is 1. The predicted octanol–water partition coefficient (Wildman–Crippen LogP) is 7.86. The Labute approximate surface area is 290 Å². The summed E-state index contributed by atoms with van der Waals surface area (Å²) in [5.41, 5.74) is 10.4. The molecule has 3 aliphatic rings. The normalized spacial score (nSPS) is 20.3. The molecule has 0 aromatic heterocycles. The average Bonchev–Trinajstić information content (AvgIpc) is 3.57. The predicted molar refractivity (Wildman–Crippen MR) is 190 cm³/mol. The van der Waals surface area contributed by atoms with Gasteiger partial charge >= 0.3 is 0 Å². The molecule has 0 radical (unpaired) electrons. The van der Waals surface area contributed by atoms with E-state index in [0.29, 0.717) is 0 Å². The number of fused-ring (bicyclic) bond motifs is 6. The molecule has 4 aromatic rings. The van der Waals surface area contributed by atoms with Crippen LogP contribution in [-0.2, 0) is 10.8 Å². The third kappa shape index (κ3) is 4.93. The summed E-state index contributed by atoms with van der Waals surface area (Å²) in [6, 6.07) is 26.6. The molecule has 1 aliphatic carbocycles. The molecule has 45 heavy (non-hydrogen) atoms. The zero-order valence-electron chi connectivity index (χ0n) is 27.2. The van der Waals surface area contributed by atoms with Crippen LogP contribution >= 0.6 is 11.6 Å². The smallest absolute Gasteiger partial charge is 0.210 e. The van der Waals surface area contributed by atoms with Gasteiger partial charge in [0, 0.05) is 46.1 Å². The first-order chi connectivity index (χ1) is 21.2. The Morgan fingerprint density at radius 1 is 0.756 bits per heavy atom. The van der Waals surface area contributed by atoms with Crippen LogP contribution in [0.1, 0.15) is 65.5 Å². The van der Waals surface area contributed by atoms with E-state index < -0.39 is 0 Å². The molecular weight excluding hydrogens is 683 g/mol. The van der Waals surface area contributed by atoms with Gasteiger partial charge in [0.25, 0.3) is 0 Å². The molecule has 0 spiro atoms. The van der Waals surface area contributed by atoms with E-state index in [1.165, 1.54) is 66.6 Å². The van der Waals surface area contributed by atoms with Gasteiger partial charge < -0.3 is 28.9 Å². The van der Waals surface area contributed by atoms with Crippen molar-refractivity contribution in [1.29, 1.82) is 0 Å². The summed E-state index contributed by atoms with van der Waals surface area (Å²) in [6.45, 7) is 15.8. The number of benzene rings is 4. The van der Waals surface area contributed by atoms with Gasteiger partial charge in [-0.2, -0.15) is 4.58 Å². The van der Waals surface area contributed by atoms with E-state index in [-0.39, 0.29) is 34.8 Å². The first-order valence-electron chi connectivity index (χ1n) is 16.1. The van der Waals surface area contributed by atoms with Gasteiger partial charge in [-0.3, -0.25) is 0 Å². The lowest BCUT2D eigenvalue weighted by atomic mass is 9.79. The van der Waals surface area contributed by atoms with Crippen molar-refractivity contribution in [3.05, 3.63) is 130 Å². The molecule has 230 valence electrons. The highest BCUT2D eigenvalue weighted by Gasteiger charge is 2.45. The van der Waals surface area contributed by atoms with Crippen LogP contribution in [0.25, 0.3) is 21.5 Å². The number of allylic oxidation sites excluding steroid dienone is 8. The van der Waals surface area contributed by atoms with E-state index >= 15 is 0 Å². The Hall–Kier alpha value is -3.15. The maximum atomic E-state index is 7.13. The van der Waals surface area contributed by atoms with Gasteiger partial charge in [0.2, 0.25) is 5.69 Å². The molecule has 2 aliphatic heterocycles. The van der Waals surface area contributed by atoms with Crippen LogP contribution in [-0.4, -0.2) is 23.4 Å². The number of likely N-dealkylation sites (N-methyl/N-ethyl adjacent to an activating group) is 1. The van der Waals surface area contributed by atoms with Crippen LogP contribution in [0.5, 0.6) is 0 Å². The second-order valence-corrected chi connectivity index (χ2v) is 13.8. The molecule has 7 rings (SSSR count). The summed E-state index contributed by atoms with van der Waals surface area (Å²) in [5.74, 6) is 0. The summed E-state index contributed by atoms with van der Waals surface area (Å²) >= 11 is 7.13. The average molecular weight is 725 g/mol. The quantitative estimate of drug-likeness (QED) is 0.150. The second kappa shape index (κ2) is 11.9. The van der Waals surface area contributed by atoms with Crippen molar-refractivity contribution in [3.63, 3.8) is 0 Å². The van der Waals surface area contributed by atoms with Crippen LogP contribution in [0.15, 0.2) is 119 Å². The Kier molecular flexibility index (Phi) is 8.41. The zero-order valence-corrected chi connectivity index (χ0v) is 30.1. The highest BCUT2D eigenvalue weighted by atomic mass is 127. The van der Waals surface area contributed by atoms with Crippen LogP contribution in [0.3, 0.4) is 0 Å². The van der Waals surface area contributed by atoms with Gasteiger partial charge in [0.05, 0.1) is 5.41 Å². The molecule has 2 nitrogen and oxygen atoms in total. The lowest BCUT2D eigenvalue weighted by molar-refractivity contribution is -0.433. The second-order valence-electron chi connectivity index (χ2n) is 13.4. The fourth-order valence-corrected chi connectivity index (χ4v) is 8.43. The molecular formula is C41H42ClIN2. The monoisotopic (exact) mass is 724 g/mol. The molecule has 0 saturated heterocycles. The molecule has 0 bridgehead atoms. The number of hydrogen-bond donors (Lipinski definition) is 0. The van der Waals surface area contributed by atoms with Gasteiger partial charge in [-0.15, -0.1) is 0 Å². The van der Waals surface area contributed by atoms with E-state index in [2.05, 4.69) is 148 Å². The number of nitrogens with zero attached hydrogens (tertiary/aromatic N) is 2. The van der Waals surface area contributed by atoms with Crippen molar-refractivity contribution in [2.75, 3.05) is 18.0 Å². The molecule has 4 heteroatoms. The summed E-state index contributed by atoms with van der Waals surface area (Å²) in [5, 5.41) is 6.20. The molecule has 0 unspecified atom stereocenters. The van der Waals surface area contributed by atoms with Crippen LogP contribution in [0.4, 0.5) is 11.4 Å². The number of halogens is 2. The fraction of sp³-hybridized carbons (Fsp3) is 0.293. The van der Waals surface area contributed by atoms with Gasteiger partial charge in [-0.1, -0.05) is 92.2 Å². The molecule has 0 saturated carbocycles. The summed E-state index contributed by atoms with van der Waals surface area (Å²) in [6.07, 6.45) is 11.2. The van der Waals surface area contributed by atoms with Crippen molar-refractivity contribution >= 4 is 50.2 Å². The van der Waals surface area contributed by atoms with E-state index in [0.717, 1.165) is 31.0 Å². The minimum atomic E-state index is -0.103. The van der Waals surface area contributed by atoms with Crippen LogP contribution < -0.4 is 28.9 Å². The van der Waals surface area contributed by atoms with Crippen molar-refractivity contribution in [2.24, 2.45) is 0 Å². The van der Waals surface area contributed by atoms with E-state index in [4.69, 9.17) is 11.6 Å². The molecule has 0 N–H and O–H groups in total. The van der Waals surface area contributed by atoms with Crippen molar-refractivity contribution in [2.45, 2.75) is 65.2 Å². The summed E-state index contributed by atoms with van der Waals surface area (Å²) in [7, 11) is 0. The molecule has 0 atom stereocenters. The minimum Gasteiger partial charge on any atom is -1.00 e. The Morgan fingerprint density at radius 2 is 1.40 bits per heavy atom. The molecule has 4 aromatic carbocycles. The Balaban J connectivity index is 0.00000357. The lowest BCUT2D eigenvalue weighted by Gasteiger charge is -2.26. The fourth-order valence-electron chi connectivity index (χ4n) is 8.12. The third-order valence-corrected chi connectivity index (χ3v) is 10.7. The zero-order chi connectivity index (χ0) is 30.8. The largest absolute Gasteiger partial charge is 1.00 e. The minimum absolute atomic E-state index is 0. The van der Waals surface area contributed by atoms with E-state index in [9.17, 15) is 0 Å². The Bertz CT molecular complexity index is 2000. The van der Waals surface area contributed by atoms with Gasteiger partial charge in [0.15, 0.2) is 5.71 Å². The highest BCUT2D eigenvalue weighted by Crippen LogP contribution is 2.51. The van der Waals surface area contributed by atoms with Crippen LogP contribution in [0, 0.1) is 0 Å². The van der Waals surface area contributed by atoms with Crippen LogP contribution in [0.2, 0.25) is 0 Å². The van der Waals surface area contributed by atoms with Crippen molar-refractivity contribution in [3.8, 4) is 0 Å². The lowest BCUT2D eigenvalue weighted by Crippen LogP contribution is -3.00. The molecule has 2 heterocycles. The van der Waals surface area contributed by atoms with E-state index in [1.54, 1.807) is 0 Å².